The van der Waals surface area contributed by atoms with Crippen LogP contribution in [0.1, 0.15) is 44.1 Å². The molecule has 1 aromatic carbocycles. The number of nitrogens with zero attached hydrogens (tertiary/aromatic N) is 3. The normalized spacial score (nSPS) is 24.3. The van der Waals surface area contributed by atoms with Crippen molar-refractivity contribution in [3.8, 4) is 11.8 Å². The van der Waals surface area contributed by atoms with Gasteiger partial charge in [-0.1, -0.05) is 0 Å². The highest BCUT2D eigenvalue weighted by molar-refractivity contribution is 5.33. The van der Waals surface area contributed by atoms with E-state index in [1.807, 2.05) is 13.8 Å². The molecule has 3 atom stereocenters. The first kappa shape index (κ1) is 20.1. The zero-order valence-electron chi connectivity index (χ0n) is 16.3. The lowest BCUT2D eigenvalue weighted by atomic mass is 9.83. The lowest BCUT2D eigenvalue weighted by molar-refractivity contribution is -0.137. The summed E-state index contributed by atoms with van der Waals surface area (Å²) in [6.07, 6.45) is -1.52. The number of halogens is 4. The minimum absolute atomic E-state index is 0.00880. The third kappa shape index (κ3) is 4.10. The third-order valence-corrected chi connectivity index (χ3v) is 5.94. The summed E-state index contributed by atoms with van der Waals surface area (Å²) < 4.78 is 60.0. The number of rotatable bonds is 5. The summed E-state index contributed by atoms with van der Waals surface area (Å²) in [5.74, 6) is 0.856. The van der Waals surface area contributed by atoms with Crippen LogP contribution in [0.25, 0.3) is 0 Å². The van der Waals surface area contributed by atoms with Crippen molar-refractivity contribution in [1.29, 1.82) is 0 Å². The Morgan fingerprint density at radius 1 is 1.21 bits per heavy atom. The van der Waals surface area contributed by atoms with Gasteiger partial charge in [-0.3, -0.25) is 0 Å². The minimum Gasteiger partial charge on any atom is -0.421 e. The number of nitrogens with one attached hydrogen (secondary N) is 1. The van der Waals surface area contributed by atoms with Crippen LogP contribution in [0.3, 0.4) is 0 Å². The monoisotopic (exact) mass is 412 g/mol. The molecule has 1 saturated carbocycles. The maximum absolute atomic E-state index is 14.1. The molecule has 0 radical (unpaired) electrons. The first-order valence-corrected chi connectivity index (χ1v) is 9.93. The standard InChI is InChI=1S/C20H24F4N4O/c1-11(2)28-19(29-17-7-14(20(22,23)24)5-6-16(17)21)26-18(27-28)8-15-12-3-4-13(15)10-25-9-12/h5-7,11-13,15,25H,3-4,8-10H2,1-2H3/t12-,13+,15?. The number of ether oxygens (including phenoxy) is 1. The van der Waals surface area contributed by atoms with Crippen molar-refractivity contribution in [2.45, 2.75) is 45.3 Å². The molecule has 29 heavy (non-hydrogen) atoms. The predicted octanol–water partition coefficient (Wildman–Crippen LogP) is 4.60. The third-order valence-electron chi connectivity index (χ3n) is 5.94. The van der Waals surface area contributed by atoms with E-state index in [4.69, 9.17) is 4.74 Å². The molecule has 1 N–H and O–H groups in total. The quantitative estimate of drug-likeness (QED) is 0.730. The van der Waals surface area contributed by atoms with Gasteiger partial charge in [-0.25, -0.2) is 9.07 Å². The van der Waals surface area contributed by atoms with Crippen LogP contribution in [0.15, 0.2) is 18.2 Å². The van der Waals surface area contributed by atoms with Crippen molar-refractivity contribution in [2.24, 2.45) is 17.8 Å². The molecule has 2 fully saturated rings. The fraction of sp³-hybridized carbons (Fsp3) is 0.600. The number of hydrogen-bond acceptors (Lipinski definition) is 4. The molecule has 4 rings (SSSR count). The molecule has 2 aromatic rings. The van der Waals surface area contributed by atoms with Crippen LogP contribution in [0.4, 0.5) is 17.6 Å². The number of piperidine rings is 1. The van der Waals surface area contributed by atoms with Gasteiger partial charge in [0, 0.05) is 6.42 Å². The molecular formula is C20H24F4N4O. The second-order valence-electron chi connectivity index (χ2n) is 8.22. The van der Waals surface area contributed by atoms with Crippen molar-refractivity contribution < 1.29 is 22.3 Å². The molecule has 1 aliphatic carbocycles. The van der Waals surface area contributed by atoms with Gasteiger partial charge in [-0.15, -0.1) is 0 Å². The van der Waals surface area contributed by atoms with Gasteiger partial charge in [-0.05, 0) is 75.7 Å². The first-order chi connectivity index (χ1) is 13.7. The largest absolute Gasteiger partial charge is 0.421 e. The van der Waals surface area contributed by atoms with E-state index < -0.39 is 23.3 Å². The molecule has 5 nitrogen and oxygen atoms in total. The average molecular weight is 412 g/mol. The maximum atomic E-state index is 14.1. The van der Waals surface area contributed by atoms with Crippen LogP contribution >= 0.6 is 0 Å². The number of alkyl halides is 3. The highest BCUT2D eigenvalue weighted by atomic mass is 19.4. The Labute approximate surface area is 166 Å². The Morgan fingerprint density at radius 3 is 2.52 bits per heavy atom. The zero-order valence-corrected chi connectivity index (χ0v) is 16.3. The minimum atomic E-state index is -4.59. The topological polar surface area (TPSA) is 52.0 Å². The van der Waals surface area contributed by atoms with Crippen LogP contribution < -0.4 is 10.1 Å². The van der Waals surface area contributed by atoms with Crippen LogP contribution in [0.5, 0.6) is 11.8 Å². The first-order valence-electron chi connectivity index (χ1n) is 9.93. The van der Waals surface area contributed by atoms with Gasteiger partial charge in [0.15, 0.2) is 17.4 Å². The summed E-state index contributed by atoms with van der Waals surface area (Å²) in [7, 11) is 0. The van der Waals surface area contributed by atoms with Gasteiger partial charge in [0.1, 0.15) is 0 Å². The van der Waals surface area contributed by atoms with E-state index in [-0.39, 0.29) is 12.1 Å². The molecule has 1 saturated heterocycles. The van der Waals surface area contributed by atoms with Crippen molar-refractivity contribution >= 4 is 0 Å². The van der Waals surface area contributed by atoms with Crippen LogP contribution in [0, 0.1) is 23.6 Å². The van der Waals surface area contributed by atoms with E-state index in [2.05, 4.69) is 15.4 Å². The van der Waals surface area contributed by atoms with Crippen LogP contribution in [-0.2, 0) is 12.6 Å². The molecule has 2 aliphatic rings. The molecule has 1 aliphatic heterocycles. The SMILES string of the molecule is CC(C)n1nc(CC2[C@@H]3CC[C@H]2CNC3)nc1Oc1cc(C(F)(F)F)ccc1F. The number of aromatic nitrogens is 3. The van der Waals surface area contributed by atoms with Gasteiger partial charge >= 0.3 is 12.2 Å². The average Bonchev–Trinajstić information content (AvgIpc) is 3.12. The molecule has 158 valence electrons. The molecule has 9 heteroatoms. The Morgan fingerprint density at radius 2 is 1.90 bits per heavy atom. The molecule has 0 amide bonds. The zero-order chi connectivity index (χ0) is 20.8. The van der Waals surface area contributed by atoms with Crippen molar-refractivity contribution in [3.63, 3.8) is 0 Å². The van der Waals surface area contributed by atoms with E-state index in [1.165, 1.54) is 17.5 Å². The van der Waals surface area contributed by atoms with E-state index in [9.17, 15) is 17.6 Å². The highest BCUT2D eigenvalue weighted by Crippen LogP contribution is 2.41. The summed E-state index contributed by atoms with van der Waals surface area (Å²) in [5, 5.41) is 7.96. The Balaban J connectivity index is 1.59. The molecule has 0 spiro atoms. The van der Waals surface area contributed by atoms with Gasteiger partial charge in [0.05, 0.1) is 11.6 Å². The van der Waals surface area contributed by atoms with E-state index in [0.717, 1.165) is 19.2 Å². The Hall–Kier alpha value is -2.16. The number of fused-ring (bicyclic) bond motifs is 2. The second-order valence-corrected chi connectivity index (χ2v) is 8.22. The van der Waals surface area contributed by atoms with Gasteiger partial charge in [0.25, 0.3) is 0 Å². The molecule has 1 unspecified atom stereocenters. The van der Waals surface area contributed by atoms with Crippen molar-refractivity contribution in [2.75, 3.05) is 13.1 Å². The smallest absolute Gasteiger partial charge is 0.416 e. The fourth-order valence-corrected chi connectivity index (χ4v) is 4.45. The van der Waals surface area contributed by atoms with Crippen molar-refractivity contribution in [3.05, 3.63) is 35.4 Å². The number of benzene rings is 1. The Bertz CT molecular complexity index is 864. The van der Waals surface area contributed by atoms with E-state index in [0.29, 0.717) is 42.1 Å². The Kier molecular flexibility index (Phi) is 5.27. The second kappa shape index (κ2) is 7.59. The molecule has 2 heterocycles. The van der Waals surface area contributed by atoms with Crippen LogP contribution in [-0.4, -0.2) is 27.9 Å². The molecule has 2 bridgehead atoms. The van der Waals surface area contributed by atoms with Gasteiger partial charge in [0.2, 0.25) is 0 Å². The summed E-state index contributed by atoms with van der Waals surface area (Å²) in [6, 6.07) is 1.97. The predicted molar refractivity (Wildman–Crippen MR) is 98.2 cm³/mol. The fourth-order valence-electron chi connectivity index (χ4n) is 4.45. The van der Waals surface area contributed by atoms with Gasteiger partial charge < -0.3 is 10.1 Å². The number of hydrogen-bond donors (Lipinski definition) is 1. The summed E-state index contributed by atoms with van der Waals surface area (Å²) >= 11 is 0. The maximum Gasteiger partial charge on any atom is 0.416 e. The molecular weight excluding hydrogens is 388 g/mol. The molecule has 1 aromatic heterocycles. The van der Waals surface area contributed by atoms with Gasteiger partial charge in [-0.2, -0.15) is 23.3 Å². The lowest BCUT2D eigenvalue weighted by Gasteiger charge is -2.29. The van der Waals surface area contributed by atoms with E-state index >= 15 is 0 Å². The summed E-state index contributed by atoms with van der Waals surface area (Å²) in [4.78, 5) is 4.41. The van der Waals surface area contributed by atoms with E-state index in [1.54, 1.807) is 0 Å². The highest BCUT2D eigenvalue weighted by Gasteiger charge is 2.39. The summed E-state index contributed by atoms with van der Waals surface area (Å²) in [5.41, 5.74) is -0.976. The summed E-state index contributed by atoms with van der Waals surface area (Å²) in [6.45, 7) is 5.71. The van der Waals surface area contributed by atoms with Crippen molar-refractivity contribution in [1.82, 2.24) is 20.1 Å². The van der Waals surface area contributed by atoms with Crippen LogP contribution in [0.2, 0.25) is 0 Å². The lowest BCUT2D eigenvalue weighted by Crippen LogP contribution is -2.39.